The summed E-state index contributed by atoms with van der Waals surface area (Å²) in [5.74, 6) is -0.0735. The molecule has 7 heteroatoms. The fourth-order valence-corrected chi connectivity index (χ4v) is 6.11. The Morgan fingerprint density at radius 2 is 1.72 bits per heavy atom. The topological polar surface area (TPSA) is 74.8 Å². The highest BCUT2D eigenvalue weighted by Gasteiger charge is 2.35. The minimum absolute atomic E-state index is 0.105. The van der Waals surface area contributed by atoms with Crippen molar-refractivity contribution in [2.24, 2.45) is 5.92 Å². The average Bonchev–Trinajstić information content (AvgIpc) is 2.75. The Hall–Kier alpha value is -1.73. The van der Waals surface area contributed by atoms with Crippen molar-refractivity contribution in [1.29, 1.82) is 0 Å². The van der Waals surface area contributed by atoms with E-state index in [2.05, 4.69) is 0 Å². The van der Waals surface area contributed by atoms with Gasteiger partial charge < -0.3 is 4.90 Å². The molecular weight excluding hydrogens is 388 g/mol. The highest BCUT2D eigenvalue weighted by molar-refractivity contribution is 7.89. The summed E-state index contributed by atoms with van der Waals surface area (Å²) in [6.07, 6.45) is 6.89. The number of carbonyl (C=O) groups is 2. The van der Waals surface area contributed by atoms with E-state index in [0.29, 0.717) is 37.5 Å². The number of hydrogen-bond acceptors (Lipinski definition) is 4. The van der Waals surface area contributed by atoms with Crippen molar-refractivity contribution in [2.75, 3.05) is 19.6 Å². The molecule has 0 atom stereocenters. The second-order valence-electron chi connectivity index (χ2n) is 8.18. The molecule has 1 heterocycles. The van der Waals surface area contributed by atoms with Crippen LogP contribution in [0.4, 0.5) is 0 Å². The van der Waals surface area contributed by atoms with Crippen LogP contribution in [0.15, 0.2) is 29.2 Å². The summed E-state index contributed by atoms with van der Waals surface area (Å²) < 4.78 is 27.4. The van der Waals surface area contributed by atoms with Crippen molar-refractivity contribution in [3.63, 3.8) is 0 Å². The van der Waals surface area contributed by atoms with Crippen LogP contribution in [0.5, 0.6) is 0 Å². The van der Waals surface area contributed by atoms with E-state index in [9.17, 15) is 18.0 Å². The molecule has 1 saturated carbocycles. The summed E-state index contributed by atoms with van der Waals surface area (Å²) in [5, 5.41) is 0. The molecule has 1 aromatic rings. The van der Waals surface area contributed by atoms with E-state index < -0.39 is 10.0 Å². The SMILES string of the molecule is CCN(C(=O)C1CCN(S(=O)(=O)c2cccc(C(C)=O)c2)CC1)C1CCCCC1. The lowest BCUT2D eigenvalue weighted by atomic mass is 9.91. The molecule has 29 heavy (non-hydrogen) atoms. The van der Waals surface area contributed by atoms with Gasteiger partial charge in [0.2, 0.25) is 15.9 Å². The summed E-state index contributed by atoms with van der Waals surface area (Å²) in [7, 11) is -3.66. The summed E-state index contributed by atoms with van der Waals surface area (Å²) in [5.41, 5.74) is 0.391. The number of benzene rings is 1. The fourth-order valence-electron chi connectivity index (χ4n) is 4.59. The molecule has 1 aliphatic heterocycles. The minimum Gasteiger partial charge on any atom is -0.340 e. The Balaban J connectivity index is 1.65. The molecule has 3 rings (SSSR count). The van der Waals surface area contributed by atoms with Crippen LogP contribution in [0.1, 0.15) is 69.2 Å². The van der Waals surface area contributed by atoms with E-state index in [1.165, 1.54) is 42.6 Å². The van der Waals surface area contributed by atoms with Crippen LogP contribution in [-0.2, 0) is 14.8 Å². The molecular formula is C22H32N2O4S. The largest absolute Gasteiger partial charge is 0.340 e. The van der Waals surface area contributed by atoms with E-state index in [-0.39, 0.29) is 22.5 Å². The number of Topliss-reactive ketones (excluding diaryl/α,β-unsaturated/α-hetero) is 1. The Bertz CT molecular complexity index is 838. The molecule has 1 aliphatic carbocycles. The Morgan fingerprint density at radius 1 is 1.07 bits per heavy atom. The Morgan fingerprint density at radius 3 is 2.31 bits per heavy atom. The monoisotopic (exact) mass is 420 g/mol. The lowest BCUT2D eigenvalue weighted by Gasteiger charge is -2.38. The molecule has 0 spiro atoms. The predicted octanol–water partition coefficient (Wildman–Crippen LogP) is 3.47. The molecule has 160 valence electrons. The molecule has 2 fully saturated rings. The highest BCUT2D eigenvalue weighted by atomic mass is 32.2. The van der Waals surface area contributed by atoms with E-state index >= 15 is 0 Å². The fraction of sp³-hybridized carbons (Fsp3) is 0.636. The first-order chi connectivity index (χ1) is 13.8. The van der Waals surface area contributed by atoms with Gasteiger partial charge in [0, 0.05) is 37.2 Å². The van der Waals surface area contributed by atoms with Crippen LogP contribution in [-0.4, -0.2) is 55.0 Å². The number of rotatable bonds is 6. The van der Waals surface area contributed by atoms with Crippen LogP contribution in [0.3, 0.4) is 0 Å². The number of piperidine rings is 1. The number of sulfonamides is 1. The molecule has 0 aromatic heterocycles. The first-order valence-corrected chi connectivity index (χ1v) is 12.2. The van der Waals surface area contributed by atoms with Gasteiger partial charge in [-0.25, -0.2) is 8.42 Å². The molecule has 0 bridgehead atoms. The van der Waals surface area contributed by atoms with Crippen LogP contribution >= 0.6 is 0 Å². The lowest BCUT2D eigenvalue weighted by molar-refractivity contribution is -0.139. The number of carbonyl (C=O) groups excluding carboxylic acids is 2. The van der Waals surface area contributed by atoms with Gasteiger partial charge in [0.1, 0.15) is 0 Å². The number of nitrogens with zero attached hydrogens (tertiary/aromatic N) is 2. The molecule has 6 nitrogen and oxygen atoms in total. The predicted molar refractivity (Wildman–Crippen MR) is 112 cm³/mol. The minimum atomic E-state index is -3.66. The zero-order valence-electron chi connectivity index (χ0n) is 17.5. The maximum Gasteiger partial charge on any atom is 0.243 e. The maximum absolute atomic E-state index is 13.1. The zero-order valence-corrected chi connectivity index (χ0v) is 18.3. The highest BCUT2D eigenvalue weighted by Crippen LogP contribution is 2.29. The van der Waals surface area contributed by atoms with Crippen LogP contribution in [0.25, 0.3) is 0 Å². The van der Waals surface area contributed by atoms with Crippen molar-refractivity contribution in [3.05, 3.63) is 29.8 Å². The van der Waals surface area contributed by atoms with Gasteiger partial charge in [-0.2, -0.15) is 4.31 Å². The number of hydrogen-bond donors (Lipinski definition) is 0. The summed E-state index contributed by atoms with van der Waals surface area (Å²) in [4.78, 5) is 26.9. The van der Waals surface area contributed by atoms with Crippen LogP contribution in [0, 0.1) is 5.92 Å². The average molecular weight is 421 g/mol. The van der Waals surface area contributed by atoms with E-state index in [0.717, 1.165) is 19.4 Å². The Kier molecular flexibility index (Phi) is 7.11. The summed E-state index contributed by atoms with van der Waals surface area (Å²) in [6, 6.07) is 6.54. The standard InChI is InChI=1S/C22H32N2O4S/c1-3-24(20-9-5-4-6-10-20)22(26)18-12-14-23(15-13-18)29(27,28)21-11-7-8-19(16-21)17(2)25/h7-8,11,16,18,20H,3-6,9-10,12-15H2,1-2H3. The lowest BCUT2D eigenvalue weighted by Crippen LogP contribution is -2.48. The molecule has 2 aliphatic rings. The van der Waals surface area contributed by atoms with Gasteiger partial charge in [0.15, 0.2) is 5.78 Å². The third-order valence-electron chi connectivity index (χ3n) is 6.32. The third-order valence-corrected chi connectivity index (χ3v) is 8.22. The number of ketones is 1. The van der Waals surface area contributed by atoms with E-state index in [1.54, 1.807) is 12.1 Å². The summed E-state index contributed by atoms with van der Waals surface area (Å²) in [6.45, 7) is 4.86. The van der Waals surface area contributed by atoms with Crippen molar-refractivity contribution >= 4 is 21.7 Å². The van der Waals surface area contributed by atoms with Gasteiger partial charge in [0.25, 0.3) is 0 Å². The van der Waals surface area contributed by atoms with Crippen molar-refractivity contribution in [1.82, 2.24) is 9.21 Å². The van der Waals surface area contributed by atoms with Crippen LogP contribution < -0.4 is 0 Å². The first-order valence-electron chi connectivity index (χ1n) is 10.8. The first kappa shape index (κ1) is 22.0. The third kappa shape index (κ3) is 4.89. The summed E-state index contributed by atoms with van der Waals surface area (Å²) >= 11 is 0. The molecule has 1 amide bonds. The second-order valence-corrected chi connectivity index (χ2v) is 10.1. The van der Waals surface area contributed by atoms with Gasteiger partial charge in [-0.3, -0.25) is 9.59 Å². The quantitative estimate of drug-likeness (QED) is 0.661. The van der Waals surface area contributed by atoms with Crippen molar-refractivity contribution in [3.8, 4) is 0 Å². The van der Waals surface area contributed by atoms with E-state index in [4.69, 9.17) is 0 Å². The van der Waals surface area contributed by atoms with Crippen molar-refractivity contribution in [2.45, 2.75) is 69.7 Å². The second kappa shape index (κ2) is 9.39. The van der Waals surface area contributed by atoms with Gasteiger partial charge in [-0.05, 0) is 51.7 Å². The van der Waals surface area contributed by atoms with Gasteiger partial charge in [-0.15, -0.1) is 0 Å². The molecule has 0 unspecified atom stereocenters. The van der Waals surface area contributed by atoms with Gasteiger partial charge in [0.05, 0.1) is 4.90 Å². The van der Waals surface area contributed by atoms with Gasteiger partial charge >= 0.3 is 0 Å². The smallest absolute Gasteiger partial charge is 0.243 e. The molecule has 0 N–H and O–H groups in total. The molecule has 0 radical (unpaired) electrons. The van der Waals surface area contributed by atoms with Gasteiger partial charge in [-0.1, -0.05) is 31.4 Å². The maximum atomic E-state index is 13.1. The van der Waals surface area contributed by atoms with E-state index in [1.807, 2.05) is 11.8 Å². The van der Waals surface area contributed by atoms with Crippen molar-refractivity contribution < 1.29 is 18.0 Å². The zero-order chi connectivity index (χ0) is 21.0. The normalized spacial score (nSPS) is 19.8. The molecule has 1 saturated heterocycles. The van der Waals surface area contributed by atoms with Crippen LogP contribution in [0.2, 0.25) is 0 Å². The number of amides is 1. The molecule has 1 aromatic carbocycles. The Labute approximate surface area is 174 Å².